The standard InChI is InChI=1S/C12H16N2O2/c1-10-4-2-3-5-11(10)12(15)16-14-8-6-13-7-9-14/h2-5,13H,6-9H2,1H3. The van der Waals surface area contributed by atoms with Crippen LogP contribution in [0.3, 0.4) is 0 Å². The second-order valence-electron chi connectivity index (χ2n) is 3.87. The summed E-state index contributed by atoms with van der Waals surface area (Å²) in [6, 6.07) is 7.46. The fraction of sp³-hybridized carbons (Fsp3) is 0.417. The zero-order valence-electron chi connectivity index (χ0n) is 9.40. The summed E-state index contributed by atoms with van der Waals surface area (Å²) in [6.07, 6.45) is 0. The molecule has 2 rings (SSSR count). The first kappa shape index (κ1) is 11.1. The summed E-state index contributed by atoms with van der Waals surface area (Å²) in [5.41, 5.74) is 1.59. The van der Waals surface area contributed by atoms with E-state index in [0.29, 0.717) is 5.56 Å². The molecule has 0 aromatic heterocycles. The quantitative estimate of drug-likeness (QED) is 0.806. The third-order valence-electron chi connectivity index (χ3n) is 2.65. The summed E-state index contributed by atoms with van der Waals surface area (Å²) in [5, 5.41) is 4.92. The molecular formula is C12H16N2O2. The Labute approximate surface area is 95.2 Å². The lowest BCUT2D eigenvalue weighted by molar-refractivity contribution is -0.115. The fourth-order valence-corrected chi connectivity index (χ4v) is 1.70. The first-order valence-electron chi connectivity index (χ1n) is 5.51. The molecule has 0 aliphatic carbocycles. The van der Waals surface area contributed by atoms with Gasteiger partial charge in [-0.3, -0.25) is 0 Å². The van der Waals surface area contributed by atoms with Gasteiger partial charge in [-0.1, -0.05) is 18.2 Å². The first-order chi connectivity index (χ1) is 7.77. The molecule has 4 heteroatoms. The maximum atomic E-state index is 11.8. The fourth-order valence-electron chi connectivity index (χ4n) is 1.70. The Morgan fingerprint density at radius 3 is 2.69 bits per heavy atom. The van der Waals surface area contributed by atoms with Crippen LogP contribution in [0.25, 0.3) is 0 Å². The highest BCUT2D eigenvalue weighted by Crippen LogP contribution is 2.09. The number of aryl methyl sites for hydroxylation is 1. The van der Waals surface area contributed by atoms with E-state index >= 15 is 0 Å². The zero-order valence-corrected chi connectivity index (χ0v) is 9.40. The third kappa shape index (κ3) is 2.59. The largest absolute Gasteiger partial charge is 0.364 e. The summed E-state index contributed by atoms with van der Waals surface area (Å²) in [7, 11) is 0. The minimum atomic E-state index is -0.264. The zero-order chi connectivity index (χ0) is 11.4. The molecule has 0 unspecified atom stereocenters. The van der Waals surface area contributed by atoms with Gasteiger partial charge in [0, 0.05) is 26.2 Å². The van der Waals surface area contributed by atoms with Gasteiger partial charge >= 0.3 is 5.97 Å². The molecule has 1 aliphatic rings. The molecule has 1 N–H and O–H groups in total. The summed E-state index contributed by atoms with van der Waals surface area (Å²) < 4.78 is 0. The van der Waals surface area contributed by atoms with Crippen molar-refractivity contribution < 1.29 is 9.63 Å². The molecule has 0 saturated carbocycles. The van der Waals surface area contributed by atoms with E-state index < -0.39 is 0 Å². The average molecular weight is 220 g/mol. The molecule has 1 saturated heterocycles. The van der Waals surface area contributed by atoms with Crippen molar-refractivity contribution in [2.75, 3.05) is 26.2 Å². The molecule has 86 valence electrons. The van der Waals surface area contributed by atoms with Crippen LogP contribution < -0.4 is 5.32 Å². The molecule has 1 heterocycles. The number of hydrogen-bond donors (Lipinski definition) is 1. The smallest absolute Gasteiger partial charge is 0.357 e. The number of nitrogens with zero attached hydrogens (tertiary/aromatic N) is 1. The second kappa shape index (κ2) is 5.09. The summed E-state index contributed by atoms with van der Waals surface area (Å²) in [4.78, 5) is 17.2. The van der Waals surface area contributed by atoms with Crippen LogP contribution in [0.4, 0.5) is 0 Å². The van der Waals surface area contributed by atoms with Crippen molar-refractivity contribution in [1.29, 1.82) is 0 Å². The Hall–Kier alpha value is -1.39. The van der Waals surface area contributed by atoms with Gasteiger partial charge in [0.2, 0.25) is 0 Å². The molecule has 0 radical (unpaired) electrons. The molecule has 0 amide bonds. The predicted octanol–water partition coefficient (Wildman–Crippen LogP) is 0.972. The van der Waals surface area contributed by atoms with E-state index in [1.54, 1.807) is 11.1 Å². The van der Waals surface area contributed by atoms with Gasteiger partial charge < -0.3 is 10.2 Å². The van der Waals surface area contributed by atoms with E-state index in [0.717, 1.165) is 31.7 Å². The van der Waals surface area contributed by atoms with Gasteiger partial charge in [-0.25, -0.2) is 4.79 Å². The molecule has 1 aromatic rings. The maximum Gasteiger partial charge on any atom is 0.357 e. The van der Waals surface area contributed by atoms with Crippen molar-refractivity contribution in [3.63, 3.8) is 0 Å². The number of nitrogens with one attached hydrogen (secondary N) is 1. The topological polar surface area (TPSA) is 41.6 Å². The van der Waals surface area contributed by atoms with Crippen LogP contribution in [-0.4, -0.2) is 37.2 Å². The summed E-state index contributed by atoms with van der Waals surface area (Å²) in [6.45, 7) is 5.13. The number of carbonyl (C=O) groups is 1. The predicted molar refractivity (Wildman–Crippen MR) is 61.0 cm³/mol. The Kier molecular flexibility index (Phi) is 3.54. The highest BCUT2D eigenvalue weighted by molar-refractivity contribution is 5.90. The monoisotopic (exact) mass is 220 g/mol. The van der Waals surface area contributed by atoms with Crippen LogP contribution >= 0.6 is 0 Å². The van der Waals surface area contributed by atoms with Crippen LogP contribution in [0.5, 0.6) is 0 Å². The summed E-state index contributed by atoms with van der Waals surface area (Å²) >= 11 is 0. The maximum absolute atomic E-state index is 11.8. The minimum Gasteiger partial charge on any atom is -0.364 e. The van der Waals surface area contributed by atoms with E-state index in [1.165, 1.54) is 0 Å². The lowest BCUT2D eigenvalue weighted by atomic mass is 10.1. The van der Waals surface area contributed by atoms with E-state index in [-0.39, 0.29) is 5.97 Å². The first-order valence-corrected chi connectivity index (χ1v) is 5.51. The van der Waals surface area contributed by atoms with E-state index in [1.807, 2.05) is 25.1 Å². The van der Waals surface area contributed by atoms with Crippen molar-refractivity contribution in [2.45, 2.75) is 6.92 Å². The number of hydroxylamine groups is 2. The number of benzene rings is 1. The minimum absolute atomic E-state index is 0.264. The Balaban J connectivity index is 2.00. The van der Waals surface area contributed by atoms with Crippen molar-refractivity contribution in [3.05, 3.63) is 35.4 Å². The molecule has 0 atom stereocenters. The average Bonchev–Trinajstić information content (AvgIpc) is 2.31. The highest BCUT2D eigenvalue weighted by Gasteiger charge is 2.17. The number of piperazine rings is 1. The van der Waals surface area contributed by atoms with Gasteiger partial charge in [-0.15, -0.1) is 5.06 Å². The van der Waals surface area contributed by atoms with E-state index in [4.69, 9.17) is 4.84 Å². The number of carbonyl (C=O) groups excluding carboxylic acids is 1. The van der Waals surface area contributed by atoms with Gasteiger partial charge in [-0.05, 0) is 18.6 Å². The molecule has 1 aromatic carbocycles. The Morgan fingerprint density at radius 2 is 2.00 bits per heavy atom. The van der Waals surface area contributed by atoms with Crippen molar-refractivity contribution in [3.8, 4) is 0 Å². The van der Waals surface area contributed by atoms with Gasteiger partial charge in [0.05, 0.1) is 5.56 Å². The normalized spacial score (nSPS) is 17.1. The van der Waals surface area contributed by atoms with Crippen LogP contribution in [0.2, 0.25) is 0 Å². The molecule has 0 spiro atoms. The van der Waals surface area contributed by atoms with E-state index in [9.17, 15) is 4.79 Å². The van der Waals surface area contributed by atoms with Gasteiger partial charge in [0.1, 0.15) is 0 Å². The van der Waals surface area contributed by atoms with Crippen LogP contribution in [0, 0.1) is 6.92 Å². The third-order valence-corrected chi connectivity index (χ3v) is 2.65. The molecular weight excluding hydrogens is 204 g/mol. The van der Waals surface area contributed by atoms with Crippen LogP contribution in [-0.2, 0) is 4.84 Å². The Bertz CT molecular complexity index is 373. The van der Waals surface area contributed by atoms with Gasteiger partial charge in [0.25, 0.3) is 0 Å². The molecule has 1 aliphatic heterocycles. The second-order valence-corrected chi connectivity index (χ2v) is 3.87. The van der Waals surface area contributed by atoms with Gasteiger partial charge in [0.15, 0.2) is 0 Å². The highest BCUT2D eigenvalue weighted by atomic mass is 16.7. The van der Waals surface area contributed by atoms with Crippen molar-refractivity contribution in [2.24, 2.45) is 0 Å². The molecule has 4 nitrogen and oxygen atoms in total. The molecule has 0 bridgehead atoms. The molecule has 1 fully saturated rings. The van der Waals surface area contributed by atoms with Crippen molar-refractivity contribution >= 4 is 5.97 Å². The van der Waals surface area contributed by atoms with Crippen molar-refractivity contribution in [1.82, 2.24) is 10.4 Å². The lowest BCUT2D eigenvalue weighted by Crippen LogP contribution is -2.44. The van der Waals surface area contributed by atoms with Crippen LogP contribution in [0.15, 0.2) is 24.3 Å². The van der Waals surface area contributed by atoms with Gasteiger partial charge in [-0.2, -0.15) is 0 Å². The SMILES string of the molecule is Cc1ccccc1C(=O)ON1CCNCC1. The Morgan fingerprint density at radius 1 is 1.31 bits per heavy atom. The summed E-state index contributed by atoms with van der Waals surface area (Å²) in [5.74, 6) is -0.264. The van der Waals surface area contributed by atoms with E-state index in [2.05, 4.69) is 5.32 Å². The number of rotatable bonds is 2. The number of hydrogen-bond acceptors (Lipinski definition) is 4. The molecule has 16 heavy (non-hydrogen) atoms. The van der Waals surface area contributed by atoms with Crippen LogP contribution in [0.1, 0.15) is 15.9 Å². The lowest BCUT2D eigenvalue weighted by Gasteiger charge is -2.25.